The summed E-state index contributed by atoms with van der Waals surface area (Å²) in [6, 6.07) is 30.1. The van der Waals surface area contributed by atoms with Crippen molar-refractivity contribution in [1.29, 1.82) is 0 Å². The minimum absolute atomic E-state index is 0.0187. The second-order valence-corrected chi connectivity index (χ2v) is 15.2. The van der Waals surface area contributed by atoms with Crippen molar-refractivity contribution >= 4 is 63.6 Å². The Labute approximate surface area is 327 Å². The first-order chi connectivity index (χ1) is 26.6. The summed E-state index contributed by atoms with van der Waals surface area (Å²) in [4.78, 5) is 57.4. The van der Waals surface area contributed by atoms with Crippen LogP contribution in [0.4, 0.5) is 10.7 Å². The molecule has 0 bridgehead atoms. The molecule has 6 rings (SSSR count). The smallest absolute Gasteiger partial charge is 0.341 e. The number of phenols is 1. The van der Waals surface area contributed by atoms with Gasteiger partial charge in [0.15, 0.2) is 0 Å². The third-order valence-corrected chi connectivity index (χ3v) is 11.1. The summed E-state index contributed by atoms with van der Waals surface area (Å²) in [5.41, 5.74) is 3.71. The maximum atomic E-state index is 13.7. The normalized spacial score (nSPS) is 13.3. The van der Waals surface area contributed by atoms with E-state index < -0.39 is 23.0 Å². The van der Waals surface area contributed by atoms with Gasteiger partial charge in [0.1, 0.15) is 22.2 Å². The van der Waals surface area contributed by atoms with Crippen molar-refractivity contribution in [3.8, 4) is 11.5 Å². The quantitative estimate of drug-likeness (QED) is 0.0549. The third-order valence-electron chi connectivity index (χ3n) is 8.83. The standard InChI is InChI=1S/C42H40N4O7S2/c1-26(38(48)45-41-37(42(51)53-3)33-19-20-46(25-36(33)55-41)24-27-11-6-4-7-12-27)54-32-16-10-15-30(22-32)43-40(50)34(44-39(49)28-13-8-5-9-14-28)21-29-17-18-31(47)23-35(29)52-2/h4-18,21-23,26,47H,19-20,24-25H2,1-3H3,(H,43,50)(H,44,49)(H,45,48)/b34-21+. The van der Waals surface area contributed by atoms with Crippen molar-refractivity contribution in [3.63, 3.8) is 0 Å². The van der Waals surface area contributed by atoms with Crippen molar-refractivity contribution in [2.45, 2.75) is 36.6 Å². The van der Waals surface area contributed by atoms with Gasteiger partial charge in [0.05, 0.1) is 25.0 Å². The van der Waals surface area contributed by atoms with Crippen LogP contribution in [0.2, 0.25) is 0 Å². The van der Waals surface area contributed by atoms with E-state index >= 15 is 0 Å². The fraction of sp³-hybridized carbons (Fsp3) is 0.190. The van der Waals surface area contributed by atoms with Crippen LogP contribution in [0, 0.1) is 0 Å². The molecule has 1 aliphatic rings. The number of carbonyl (C=O) groups is 4. The van der Waals surface area contributed by atoms with Crippen LogP contribution < -0.4 is 20.7 Å². The van der Waals surface area contributed by atoms with Crippen LogP contribution in [0.5, 0.6) is 11.5 Å². The number of aromatic hydroxyl groups is 1. The number of thiophene rings is 1. The zero-order valence-corrected chi connectivity index (χ0v) is 32.1. The highest BCUT2D eigenvalue weighted by Gasteiger charge is 2.30. The molecule has 0 saturated heterocycles. The Kier molecular flexibility index (Phi) is 12.7. The van der Waals surface area contributed by atoms with Crippen molar-refractivity contribution in [3.05, 3.63) is 142 Å². The molecule has 55 heavy (non-hydrogen) atoms. The molecular formula is C42H40N4O7S2. The molecule has 4 aromatic carbocycles. The lowest BCUT2D eigenvalue weighted by molar-refractivity contribution is -0.115. The predicted molar refractivity (Wildman–Crippen MR) is 215 cm³/mol. The lowest BCUT2D eigenvalue weighted by Gasteiger charge is -2.27. The number of nitrogens with one attached hydrogen (secondary N) is 3. The minimum atomic E-state index is -0.605. The summed E-state index contributed by atoms with van der Waals surface area (Å²) in [5.74, 6) is -1.58. The van der Waals surface area contributed by atoms with Crippen LogP contribution in [0.3, 0.4) is 0 Å². The van der Waals surface area contributed by atoms with Crippen LogP contribution in [-0.4, -0.2) is 59.7 Å². The van der Waals surface area contributed by atoms with Gasteiger partial charge in [-0.25, -0.2) is 4.79 Å². The Hall–Kier alpha value is -5.89. The second kappa shape index (κ2) is 18.0. The number of phenolic OH excluding ortho intramolecular Hbond substituents is 1. The number of fused-ring (bicyclic) bond motifs is 1. The topological polar surface area (TPSA) is 146 Å². The van der Waals surface area contributed by atoms with Gasteiger partial charge in [0.2, 0.25) is 5.91 Å². The largest absolute Gasteiger partial charge is 0.508 e. The predicted octanol–water partition coefficient (Wildman–Crippen LogP) is 7.34. The lowest BCUT2D eigenvalue weighted by Crippen LogP contribution is -2.30. The highest BCUT2D eigenvalue weighted by atomic mass is 32.2. The van der Waals surface area contributed by atoms with Gasteiger partial charge in [0.25, 0.3) is 11.8 Å². The number of benzene rings is 4. The molecule has 0 radical (unpaired) electrons. The first-order valence-electron chi connectivity index (χ1n) is 17.4. The molecular weight excluding hydrogens is 737 g/mol. The van der Waals surface area contributed by atoms with E-state index in [1.807, 2.05) is 24.3 Å². The second-order valence-electron chi connectivity index (χ2n) is 12.7. The van der Waals surface area contributed by atoms with Crippen LogP contribution >= 0.6 is 23.1 Å². The zero-order valence-electron chi connectivity index (χ0n) is 30.5. The maximum Gasteiger partial charge on any atom is 0.341 e. The fourth-order valence-corrected chi connectivity index (χ4v) is 8.28. The monoisotopic (exact) mass is 776 g/mol. The average Bonchev–Trinajstić information content (AvgIpc) is 3.55. The highest BCUT2D eigenvalue weighted by molar-refractivity contribution is 8.00. The fourth-order valence-electron chi connectivity index (χ4n) is 6.07. The Balaban J connectivity index is 1.15. The number of amides is 3. The number of hydrogen-bond donors (Lipinski definition) is 4. The molecule has 1 unspecified atom stereocenters. The Morgan fingerprint density at radius 2 is 1.67 bits per heavy atom. The summed E-state index contributed by atoms with van der Waals surface area (Å²) in [7, 11) is 2.78. The van der Waals surface area contributed by atoms with Crippen LogP contribution in [-0.2, 0) is 33.8 Å². The van der Waals surface area contributed by atoms with Crippen molar-refractivity contribution in [1.82, 2.24) is 10.2 Å². The highest BCUT2D eigenvalue weighted by Crippen LogP contribution is 2.39. The first kappa shape index (κ1) is 38.8. The lowest BCUT2D eigenvalue weighted by atomic mass is 10.0. The van der Waals surface area contributed by atoms with Gasteiger partial charge in [-0.05, 0) is 73.0 Å². The molecule has 2 heterocycles. The Morgan fingerprint density at radius 3 is 2.40 bits per heavy atom. The molecule has 0 fully saturated rings. The van der Waals surface area contributed by atoms with E-state index in [9.17, 15) is 24.3 Å². The summed E-state index contributed by atoms with van der Waals surface area (Å²) in [5, 5.41) is 18.4. The number of rotatable bonds is 13. The summed E-state index contributed by atoms with van der Waals surface area (Å²) >= 11 is 2.69. The average molecular weight is 777 g/mol. The van der Waals surface area contributed by atoms with Gasteiger partial charge < -0.3 is 30.5 Å². The number of thioether (sulfide) groups is 1. The van der Waals surface area contributed by atoms with E-state index in [1.165, 1.54) is 61.1 Å². The van der Waals surface area contributed by atoms with E-state index in [0.717, 1.165) is 23.5 Å². The van der Waals surface area contributed by atoms with Crippen LogP contribution in [0.25, 0.3) is 6.08 Å². The molecule has 5 aromatic rings. The molecule has 3 amide bonds. The molecule has 11 nitrogen and oxygen atoms in total. The van der Waals surface area contributed by atoms with Gasteiger partial charge in [-0.3, -0.25) is 19.3 Å². The maximum absolute atomic E-state index is 13.7. The van der Waals surface area contributed by atoms with Gasteiger partial charge >= 0.3 is 5.97 Å². The number of esters is 1. The summed E-state index contributed by atoms with van der Waals surface area (Å²) in [6.07, 6.45) is 2.13. The molecule has 1 atom stereocenters. The zero-order chi connectivity index (χ0) is 38.9. The third kappa shape index (κ3) is 9.81. The number of ether oxygens (including phenoxy) is 2. The number of hydrogen-bond acceptors (Lipinski definition) is 10. The van der Waals surface area contributed by atoms with Crippen molar-refractivity contribution in [2.24, 2.45) is 0 Å². The first-order valence-corrected chi connectivity index (χ1v) is 19.1. The summed E-state index contributed by atoms with van der Waals surface area (Å²) < 4.78 is 10.5. The molecule has 282 valence electrons. The van der Waals surface area contributed by atoms with E-state index in [4.69, 9.17) is 9.47 Å². The number of carbonyl (C=O) groups excluding carboxylic acids is 4. The van der Waals surface area contributed by atoms with Crippen LogP contribution in [0.1, 0.15) is 49.2 Å². The van der Waals surface area contributed by atoms with Gasteiger partial charge in [0, 0.05) is 52.3 Å². The molecule has 0 saturated carbocycles. The van der Waals surface area contributed by atoms with Crippen molar-refractivity contribution < 1.29 is 33.8 Å². The molecule has 0 aliphatic carbocycles. The van der Waals surface area contributed by atoms with E-state index in [0.29, 0.717) is 51.0 Å². The minimum Gasteiger partial charge on any atom is -0.508 e. The van der Waals surface area contributed by atoms with E-state index in [-0.39, 0.29) is 17.4 Å². The Morgan fingerprint density at radius 1 is 0.927 bits per heavy atom. The molecule has 0 spiro atoms. The molecule has 1 aliphatic heterocycles. The van der Waals surface area contributed by atoms with Gasteiger partial charge in [-0.15, -0.1) is 23.1 Å². The number of methoxy groups -OCH3 is 2. The van der Waals surface area contributed by atoms with Gasteiger partial charge in [-0.1, -0.05) is 54.6 Å². The number of anilines is 2. The number of nitrogens with zero attached hydrogens (tertiary/aromatic N) is 1. The Bertz CT molecular complexity index is 2220. The molecule has 13 heteroatoms. The van der Waals surface area contributed by atoms with Gasteiger partial charge in [-0.2, -0.15) is 0 Å². The molecule has 4 N–H and O–H groups in total. The SMILES string of the molecule is COC(=O)c1c(NC(=O)C(C)Sc2cccc(NC(=O)/C(=C\c3ccc(O)cc3OC)NC(=O)c3ccccc3)c2)sc2c1CCN(Cc1ccccc1)C2. The van der Waals surface area contributed by atoms with Crippen molar-refractivity contribution in [2.75, 3.05) is 31.4 Å². The van der Waals surface area contributed by atoms with Crippen LogP contribution in [0.15, 0.2) is 114 Å². The summed E-state index contributed by atoms with van der Waals surface area (Å²) in [6.45, 7) is 3.99. The molecule has 1 aromatic heterocycles. The van der Waals surface area contributed by atoms with E-state index in [2.05, 4.69) is 33.0 Å². The van der Waals surface area contributed by atoms with E-state index in [1.54, 1.807) is 61.5 Å².